The van der Waals surface area contributed by atoms with E-state index in [0.717, 1.165) is 10.0 Å². The lowest BCUT2D eigenvalue weighted by atomic mass is 9.91. The van der Waals surface area contributed by atoms with E-state index in [1.807, 2.05) is 6.07 Å². The second-order valence-electron chi connectivity index (χ2n) is 4.58. The fourth-order valence-corrected chi connectivity index (χ4v) is 2.76. The first-order valence-corrected chi connectivity index (χ1v) is 6.59. The maximum Gasteiger partial charge on any atom is 0.0772 e. The molecule has 0 heterocycles. The van der Waals surface area contributed by atoms with Crippen LogP contribution in [0.3, 0.4) is 0 Å². The zero-order chi connectivity index (χ0) is 11.7. The van der Waals surface area contributed by atoms with E-state index in [9.17, 15) is 5.11 Å². The van der Waals surface area contributed by atoms with E-state index in [0.29, 0.717) is 6.04 Å². The summed E-state index contributed by atoms with van der Waals surface area (Å²) in [7, 11) is 2.15. The molecule has 1 aliphatic rings. The number of benzene rings is 1. The lowest BCUT2D eigenvalue weighted by Crippen LogP contribution is -2.37. The van der Waals surface area contributed by atoms with Crippen molar-refractivity contribution >= 4 is 21.6 Å². The van der Waals surface area contributed by atoms with Crippen LogP contribution >= 0.6 is 15.9 Å². The molecule has 1 saturated carbocycles. The molecule has 0 aromatic heterocycles. The normalized spacial score (nSPS) is 18.0. The molecule has 0 spiro atoms. The van der Waals surface area contributed by atoms with E-state index in [4.69, 9.17) is 0 Å². The first-order chi connectivity index (χ1) is 7.59. The van der Waals surface area contributed by atoms with Crippen molar-refractivity contribution in [1.82, 2.24) is 0 Å². The van der Waals surface area contributed by atoms with E-state index in [-0.39, 0.29) is 0 Å². The largest absolute Gasteiger partial charge is 0.389 e. The van der Waals surface area contributed by atoms with Gasteiger partial charge in [0, 0.05) is 23.2 Å². The molecule has 3 heteroatoms. The van der Waals surface area contributed by atoms with Crippen LogP contribution in [0, 0.1) is 0 Å². The number of rotatable bonds is 3. The SMILES string of the molecule is C[C@H](O)c1ccc(N(C)C2CCC2)cc1Br. The molecule has 2 rings (SSSR count). The second kappa shape index (κ2) is 4.76. The maximum absolute atomic E-state index is 9.56. The van der Waals surface area contributed by atoms with Crippen molar-refractivity contribution in [2.24, 2.45) is 0 Å². The van der Waals surface area contributed by atoms with Gasteiger partial charge in [-0.25, -0.2) is 0 Å². The Morgan fingerprint density at radius 2 is 2.12 bits per heavy atom. The minimum Gasteiger partial charge on any atom is -0.389 e. The zero-order valence-electron chi connectivity index (χ0n) is 9.78. The second-order valence-corrected chi connectivity index (χ2v) is 5.43. The van der Waals surface area contributed by atoms with E-state index in [1.165, 1.54) is 24.9 Å². The molecule has 0 radical (unpaired) electrons. The minimum absolute atomic E-state index is 0.419. The molecule has 2 nitrogen and oxygen atoms in total. The fraction of sp³-hybridized carbons (Fsp3) is 0.538. The summed E-state index contributed by atoms with van der Waals surface area (Å²) in [6.45, 7) is 1.79. The Morgan fingerprint density at radius 3 is 2.56 bits per heavy atom. The highest BCUT2D eigenvalue weighted by atomic mass is 79.9. The van der Waals surface area contributed by atoms with Crippen LogP contribution in [0.5, 0.6) is 0 Å². The average molecular weight is 284 g/mol. The molecule has 0 amide bonds. The average Bonchev–Trinajstić information content (AvgIpc) is 2.14. The molecule has 16 heavy (non-hydrogen) atoms. The molecular weight excluding hydrogens is 266 g/mol. The molecule has 1 aromatic rings. The third-order valence-electron chi connectivity index (χ3n) is 3.46. The molecular formula is C13H18BrNO. The van der Waals surface area contributed by atoms with Gasteiger partial charge in [-0.2, -0.15) is 0 Å². The fourth-order valence-electron chi connectivity index (χ4n) is 2.06. The number of hydrogen-bond acceptors (Lipinski definition) is 2. The summed E-state index contributed by atoms with van der Waals surface area (Å²) in [6, 6.07) is 6.88. The van der Waals surface area contributed by atoms with Crippen molar-refractivity contribution in [3.63, 3.8) is 0 Å². The van der Waals surface area contributed by atoms with Crippen molar-refractivity contribution in [2.75, 3.05) is 11.9 Å². The van der Waals surface area contributed by atoms with Gasteiger partial charge >= 0.3 is 0 Å². The van der Waals surface area contributed by atoms with E-state index in [1.54, 1.807) is 6.92 Å². The van der Waals surface area contributed by atoms with Gasteiger partial charge in [-0.3, -0.25) is 0 Å². The maximum atomic E-state index is 9.56. The number of anilines is 1. The predicted molar refractivity (Wildman–Crippen MR) is 70.8 cm³/mol. The Morgan fingerprint density at radius 1 is 1.44 bits per heavy atom. The summed E-state index contributed by atoms with van der Waals surface area (Å²) >= 11 is 3.52. The quantitative estimate of drug-likeness (QED) is 0.918. The van der Waals surface area contributed by atoms with Crippen LogP contribution in [0.4, 0.5) is 5.69 Å². The molecule has 1 atom stereocenters. The number of hydrogen-bond donors (Lipinski definition) is 1. The molecule has 0 bridgehead atoms. The van der Waals surface area contributed by atoms with E-state index in [2.05, 4.69) is 40.0 Å². The Hall–Kier alpha value is -0.540. The van der Waals surface area contributed by atoms with Crippen LogP contribution in [-0.2, 0) is 0 Å². The lowest BCUT2D eigenvalue weighted by Gasteiger charge is -2.36. The number of aliphatic hydroxyl groups is 1. The monoisotopic (exact) mass is 283 g/mol. The molecule has 1 aromatic carbocycles. The number of halogens is 1. The van der Waals surface area contributed by atoms with Crippen LogP contribution < -0.4 is 4.90 Å². The van der Waals surface area contributed by atoms with Gasteiger partial charge in [0.2, 0.25) is 0 Å². The summed E-state index contributed by atoms with van der Waals surface area (Å²) in [5, 5.41) is 9.56. The number of aliphatic hydroxyl groups excluding tert-OH is 1. The highest BCUT2D eigenvalue weighted by Gasteiger charge is 2.22. The van der Waals surface area contributed by atoms with Crippen molar-refractivity contribution < 1.29 is 5.11 Å². The van der Waals surface area contributed by atoms with Crippen molar-refractivity contribution in [3.05, 3.63) is 28.2 Å². The van der Waals surface area contributed by atoms with Crippen LogP contribution in [0.2, 0.25) is 0 Å². The minimum atomic E-state index is -0.419. The Bertz CT molecular complexity index is 374. The van der Waals surface area contributed by atoms with Gasteiger partial charge in [-0.15, -0.1) is 0 Å². The van der Waals surface area contributed by atoms with Crippen LogP contribution in [0.1, 0.15) is 37.9 Å². The summed E-state index contributed by atoms with van der Waals surface area (Å²) in [4.78, 5) is 2.33. The van der Waals surface area contributed by atoms with E-state index >= 15 is 0 Å². The lowest BCUT2D eigenvalue weighted by molar-refractivity contribution is 0.198. The third kappa shape index (κ3) is 2.25. The summed E-state index contributed by atoms with van der Waals surface area (Å²) in [5.74, 6) is 0. The van der Waals surface area contributed by atoms with Gasteiger partial charge in [0.05, 0.1) is 6.10 Å². The Kier molecular flexibility index (Phi) is 3.55. The summed E-state index contributed by atoms with van der Waals surface area (Å²) in [6.07, 6.45) is 3.53. The zero-order valence-corrected chi connectivity index (χ0v) is 11.4. The van der Waals surface area contributed by atoms with Crippen molar-refractivity contribution in [1.29, 1.82) is 0 Å². The molecule has 1 aliphatic carbocycles. The molecule has 0 saturated heterocycles. The molecule has 0 unspecified atom stereocenters. The smallest absolute Gasteiger partial charge is 0.0772 e. The highest BCUT2D eigenvalue weighted by Crippen LogP contribution is 2.32. The van der Waals surface area contributed by atoms with Gasteiger partial charge in [0.1, 0.15) is 0 Å². The van der Waals surface area contributed by atoms with Crippen LogP contribution in [0.15, 0.2) is 22.7 Å². The third-order valence-corrected chi connectivity index (χ3v) is 4.15. The van der Waals surface area contributed by atoms with E-state index < -0.39 is 6.10 Å². The van der Waals surface area contributed by atoms with Gasteiger partial charge in [0.15, 0.2) is 0 Å². The number of nitrogens with zero attached hydrogens (tertiary/aromatic N) is 1. The van der Waals surface area contributed by atoms with Gasteiger partial charge in [-0.1, -0.05) is 22.0 Å². The molecule has 0 aliphatic heterocycles. The Balaban J connectivity index is 2.19. The van der Waals surface area contributed by atoms with Gasteiger partial charge in [-0.05, 0) is 43.9 Å². The molecule has 1 N–H and O–H groups in total. The molecule has 1 fully saturated rings. The van der Waals surface area contributed by atoms with Crippen molar-refractivity contribution in [3.8, 4) is 0 Å². The summed E-state index contributed by atoms with van der Waals surface area (Å²) in [5.41, 5.74) is 2.17. The first-order valence-electron chi connectivity index (χ1n) is 5.80. The highest BCUT2D eigenvalue weighted by molar-refractivity contribution is 9.10. The first kappa shape index (κ1) is 11.9. The Labute approximate surface area is 105 Å². The topological polar surface area (TPSA) is 23.5 Å². The van der Waals surface area contributed by atoms with Gasteiger partial charge < -0.3 is 10.0 Å². The molecule has 88 valence electrons. The van der Waals surface area contributed by atoms with Crippen molar-refractivity contribution in [2.45, 2.75) is 38.3 Å². The standard InChI is InChI=1S/C13H18BrNO/c1-9(16)12-7-6-11(8-13(12)14)15(2)10-4-3-5-10/h6-10,16H,3-5H2,1-2H3/t9-/m0/s1. The van der Waals surface area contributed by atoms with Crippen LogP contribution in [-0.4, -0.2) is 18.2 Å². The predicted octanol–water partition coefficient (Wildman–Crippen LogP) is 3.49. The van der Waals surface area contributed by atoms with Gasteiger partial charge in [0.25, 0.3) is 0 Å². The van der Waals surface area contributed by atoms with Crippen LogP contribution in [0.25, 0.3) is 0 Å². The summed E-state index contributed by atoms with van der Waals surface area (Å²) < 4.78 is 0.992.